The molecule has 0 aromatic heterocycles. The monoisotopic (exact) mass is 569 g/mol. The van der Waals surface area contributed by atoms with Crippen LogP contribution < -0.4 is 9.62 Å². The van der Waals surface area contributed by atoms with Crippen LogP contribution in [0.4, 0.5) is 5.69 Å². The van der Waals surface area contributed by atoms with Gasteiger partial charge in [-0.2, -0.15) is 0 Å². The Morgan fingerprint density at radius 3 is 2.19 bits per heavy atom. The number of carbonyl (C=O) groups is 3. The molecule has 1 unspecified atom stereocenters. The molecular weight excluding hydrogens is 537 g/mol. The number of Topliss-reactive ketones (excluding diaryl/α,β-unsaturated/α-hetero) is 1. The highest BCUT2D eigenvalue weighted by atomic mass is 35.5. The van der Waals surface area contributed by atoms with Gasteiger partial charge in [-0.25, -0.2) is 8.42 Å². The molecule has 0 heterocycles. The summed E-state index contributed by atoms with van der Waals surface area (Å²) >= 11 is 12.7. The second-order valence-electron chi connectivity index (χ2n) is 8.67. The third kappa shape index (κ3) is 8.45. The Hall–Kier alpha value is -2.62. The van der Waals surface area contributed by atoms with Gasteiger partial charge in [-0.05, 0) is 44.0 Å². The highest BCUT2D eigenvalue weighted by Crippen LogP contribution is 2.28. The fourth-order valence-corrected chi connectivity index (χ4v) is 5.13. The molecule has 1 N–H and O–H groups in total. The lowest BCUT2D eigenvalue weighted by atomic mass is 10.1. The molecule has 2 aromatic rings. The van der Waals surface area contributed by atoms with Crippen LogP contribution in [0, 0.1) is 0 Å². The summed E-state index contributed by atoms with van der Waals surface area (Å²) < 4.78 is 26.4. The normalized spacial score (nSPS) is 12.1. The fraction of sp³-hybridized carbons (Fsp3) is 0.423. The first-order valence-electron chi connectivity index (χ1n) is 12.0. The summed E-state index contributed by atoms with van der Waals surface area (Å²) in [5.41, 5.74) is 0.920. The van der Waals surface area contributed by atoms with Crippen LogP contribution in [0.3, 0.4) is 0 Å². The summed E-state index contributed by atoms with van der Waals surface area (Å²) in [6.07, 6.45) is 2.92. The van der Waals surface area contributed by atoms with Gasteiger partial charge >= 0.3 is 0 Å². The highest BCUT2D eigenvalue weighted by molar-refractivity contribution is 7.92. The average molecular weight is 571 g/mol. The number of ketones is 1. The van der Waals surface area contributed by atoms with Crippen LogP contribution in [0.15, 0.2) is 42.5 Å². The molecule has 202 valence electrons. The average Bonchev–Trinajstić information content (AvgIpc) is 2.83. The Labute approximate surface area is 229 Å². The van der Waals surface area contributed by atoms with Gasteiger partial charge in [-0.1, -0.05) is 61.7 Å². The van der Waals surface area contributed by atoms with Gasteiger partial charge < -0.3 is 10.2 Å². The molecule has 0 saturated heterocycles. The number of rotatable bonds is 13. The lowest BCUT2D eigenvalue weighted by Gasteiger charge is -2.33. The number of anilines is 1. The van der Waals surface area contributed by atoms with E-state index in [2.05, 4.69) is 5.32 Å². The maximum atomic E-state index is 13.7. The van der Waals surface area contributed by atoms with E-state index in [1.54, 1.807) is 37.3 Å². The first-order valence-corrected chi connectivity index (χ1v) is 14.6. The molecule has 2 amide bonds. The zero-order valence-electron chi connectivity index (χ0n) is 21.5. The van der Waals surface area contributed by atoms with Crippen LogP contribution in [0.1, 0.15) is 56.0 Å². The Bertz CT molecular complexity index is 1220. The zero-order chi connectivity index (χ0) is 27.8. The summed E-state index contributed by atoms with van der Waals surface area (Å²) in [6.45, 7) is 4.91. The molecule has 1 atom stereocenters. The van der Waals surface area contributed by atoms with E-state index in [9.17, 15) is 22.8 Å². The number of halogens is 2. The van der Waals surface area contributed by atoms with Crippen LogP contribution in [-0.4, -0.2) is 56.3 Å². The molecule has 2 rings (SSSR count). The molecule has 0 aliphatic rings. The minimum absolute atomic E-state index is 0.0951. The molecule has 0 saturated carbocycles. The molecule has 0 bridgehead atoms. The molecule has 8 nitrogen and oxygen atoms in total. The number of nitrogens with zero attached hydrogens (tertiary/aromatic N) is 2. The lowest BCUT2D eigenvalue weighted by Crippen LogP contribution is -2.52. The standard InChI is InChI=1S/C26H33Cl2N3O5S/c1-5-7-14-29-26(34)24(6-2)30(16-21-22(27)12-9-13-23(21)28)25(33)17-31(37(4,35)36)20-11-8-10-19(15-20)18(3)32/h8-13,15,24H,5-7,14,16-17H2,1-4H3,(H,29,34). The number of sulfonamides is 1. The largest absolute Gasteiger partial charge is 0.354 e. The number of unbranched alkanes of at least 4 members (excludes halogenated alkanes) is 1. The first kappa shape index (κ1) is 30.6. The summed E-state index contributed by atoms with van der Waals surface area (Å²) in [7, 11) is -3.93. The summed E-state index contributed by atoms with van der Waals surface area (Å²) in [5, 5.41) is 3.49. The molecule has 0 fully saturated rings. The van der Waals surface area contributed by atoms with Crippen molar-refractivity contribution in [2.45, 2.75) is 52.6 Å². The minimum atomic E-state index is -3.93. The van der Waals surface area contributed by atoms with E-state index < -0.39 is 28.5 Å². The Balaban J connectivity index is 2.50. The van der Waals surface area contributed by atoms with Crippen LogP contribution in [0.25, 0.3) is 0 Å². The smallest absolute Gasteiger partial charge is 0.244 e. The minimum Gasteiger partial charge on any atom is -0.354 e. The predicted octanol–water partition coefficient (Wildman–Crippen LogP) is 4.69. The SMILES string of the molecule is CCCCNC(=O)C(CC)N(Cc1c(Cl)cccc1Cl)C(=O)CN(c1cccc(C(C)=O)c1)S(C)(=O)=O. The molecule has 2 aromatic carbocycles. The molecular formula is C26H33Cl2N3O5S. The fourth-order valence-electron chi connectivity index (χ4n) is 3.77. The van der Waals surface area contributed by atoms with E-state index in [1.807, 2.05) is 6.92 Å². The predicted molar refractivity (Wildman–Crippen MR) is 148 cm³/mol. The molecule has 0 radical (unpaired) electrons. The van der Waals surface area contributed by atoms with Crippen molar-refractivity contribution in [3.05, 3.63) is 63.6 Å². The van der Waals surface area contributed by atoms with Crippen LogP contribution >= 0.6 is 23.2 Å². The number of benzene rings is 2. The Morgan fingerprint density at radius 2 is 1.65 bits per heavy atom. The molecule has 37 heavy (non-hydrogen) atoms. The van der Waals surface area contributed by atoms with Gasteiger partial charge in [0, 0.05) is 34.3 Å². The molecule has 11 heteroatoms. The third-order valence-electron chi connectivity index (χ3n) is 5.83. The van der Waals surface area contributed by atoms with Crippen molar-refractivity contribution in [2.24, 2.45) is 0 Å². The maximum Gasteiger partial charge on any atom is 0.244 e. The van der Waals surface area contributed by atoms with Crippen molar-refractivity contribution in [3.8, 4) is 0 Å². The third-order valence-corrected chi connectivity index (χ3v) is 7.67. The first-order chi connectivity index (χ1) is 17.4. The zero-order valence-corrected chi connectivity index (χ0v) is 23.8. The number of hydrogen-bond acceptors (Lipinski definition) is 5. The van der Waals surface area contributed by atoms with E-state index >= 15 is 0 Å². The lowest BCUT2D eigenvalue weighted by molar-refractivity contribution is -0.140. The van der Waals surface area contributed by atoms with E-state index in [4.69, 9.17) is 23.2 Å². The van der Waals surface area contributed by atoms with Crippen molar-refractivity contribution in [2.75, 3.05) is 23.7 Å². The van der Waals surface area contributed by atoms with Gasteiger partial charge in [-0.3, -0.25) is 18.7 Å². The second-order valence-corrected chi connectivity index (χ2v) is 11.4. The van der Waals surface area contributed by atoms with Gasteiger partial charge in [0.25, 0.3) is 0 Å². The molecule has 0 aliphatic carbocycles. The summed E-state index contributed by atoms with van der Waals surface area (Å²) in [6, 6.07) is 10.1. The number of amides is 2. The quantitative estimate of drug-likeness (QED) is 0.278. The van der Waals surface area contributed by atoms with Crippen molar-refractivity contribution >= 4 is 56.5 Å². The van der Waals surface area contributed by atoms with Gasteiger partial charge in [0.15, 0.2) is 5.78 Å². The topological polar surface area (TPSA) is 104 Å². The van der Waals surface area contributed by atoms with E-state index in [0.29, 0.717) is 27.7 Å². The molecule has 0 spiro atoms. The van der Waals surface area contributed by atoms with Crippen molar-refractivity contribution < 1.29 is 22.8 Å². The van der Waals surface area contributed by atoms with E-state index in [1.165, 1.54) is 24.0 Å². The van der Waals surface area contributed by atoms with Crippen LogP contribution in [0.5, 0.6) is 0 Å². The van der Waals surface area contributed by atoms with Crippen LogP contribution in [-0.2, 0) is 26.2 Å². The van der Waals surface area contributed by atoms with Gasteiger partial charge in [0.2, 0.25) is 21.8 Å². The van der Waals surface area contributed by atoms with Crippen molar-refractivity contribution in [3.63, 3.8) is 0 Å². The van der Waals surface area contributed by atoms with Gasteiger partial charge in [-0.15, -0.1) is 0 Å². The van der Waals surface area contributed by atoms with Gasteiger partial charge in [0.1, 0.15) is 12.6 Å². The molecule has 0 aliphatic heterocycles. The summed E-state index contributed by atoms with van der Waals surface area (Å²) in [5.74, 6) is -1.21. The number of carbonyl (C=O) groups excluding carboxylic acids is 3. The van der Waals surface area contributed by atoms with E-state index in [-0.39, 0.29) is 30.3 Å². The number of hydrogen-bond donors (Lipinski definition) is 1. The van der Waals surface area contributed by atoms with E-state index in [0.717, 1.165) is 23.4 Å². The highest BCUT2D eigenvalue weighted by Gasteiger charge is 2.32. The number of nitrogens with one attached hydrogen (secondary N) is 1. The Kier molecular flexibility index (Phi) is 11.4. The van der Waals surface area contributed by atoms with Crippen molar-refractivity contribution in [1.29, 1.82) is 0 Å². The Morgan fingerprint density at radius 1 is 1.03 bits per heavy atom. The van der Waals surface area contributed by atoms with Crippen LogP contribution in [0.2, 0.25) is 10.0 Å². The van der Waals surface area contributed by atoms with Gasteiger partial charge in [0.05, 0.1) is 11.9 Å². The van der Waals surface area contributed by atoms with Crippen molar-refractivity contribution in [1.82, 2.24) is 10.2 Å². The summed E-state index contributed by atoms with van der Waals surface area (Å²) in [4.78, 5) is 40.0. The second kappa shape index (κ2) is 13.8. The maximum absolute atomic E-state index is 13.7.